The van der Waals surface area contributed by atoms with E-state index in [9.17, 15) is 4.79 Å². The number of anilines is 2. The number of thioether (sulfide) groups is 1. The predicted molar refractivity (Wildman–Crippen MR) is 113 cm³/mol. The van der Waals surface area contributed by atoms with Crippen LogP contribution in [-0.4, -0.2) is 43.4 Å². The van der Waals surface area contributed by atoms with E-state index in [1.165, 1.54) is 10.6 Å². The Morgan fingerprint density at radius 2 is 1.80 bits per heavy atom. The number of nitrogens with zero attached hydrogens (tertiary/aromatic N) is 2. The standard InChI is InChI=1S/C18H19Br2N3OS/c1-25-17-5-3-2-4-16(17)22-8-10-23(11-9-22)18(24)21-15-7-6-13(19)12-14(15)20/h2-7,12H,8-11H2,1H3,(H,21,24). The fraction of sp³-hybridized carbons (Fsp3) is 0.278. The van der Waals surface area contributed by atoms with Gasteiger partial charge in [-0.15, -0.1) is 11.8 Å². The number of halogens is 2. The summed E-state index contributed by atoms with van der Waals surface area (Å²) < 4.78 is 1.83. The molecule has 0 spiro atoms. The molecular formula is C18H19Br2N3OS. The quantitative estimate of drug-likeness (QED) is 0.601. The van der Waals surface area contributed by atoms with Crippen molar-refractivity contribution in [1.82, 2.24) is 4.90 Å². The lowest BCUT2D eigenvalue weighted by Crippen LogP contribution is -2.50. The number of nitrogens with one attached hydrogen (secondary N) is 1. The monoisotopic (exact) mass is 483 g/mol. The molecule has 0 saturated carbocycles. The molecule has 1 saturated heterocycles. The first-order chi connectivity index (χ1) is 12.1. The van der Waals surface area contributed by atoms with Gasteiger partial charge in [-0.05, 0) is 52.5 Å². The van der Waals surface area contributed by atoms with E-state index in [-0.39, 0.29) is 6.03 Å². The maximum atomic E-state index is 12.5. The van der Waals surface area contributed by atoms with Gasteiger partial charge in [0.1, 0.15) is 0 Å². The van der Waals surface area contributed by atoms with Crippen LogP contribution in [0.4, 0.5) is 16.2 Å². The van der Waals surface area contributed by atoms with E-state index in [2.05, 4.69) is 72.6 Å². The first-order valence-corrected chi connectivity index (χ1v) is 10.8. The van der Waals surface area contributed by atoms with Crippen molar-refractivity contribution >= 4 is 61.0 Å². The average Bonchev–Trinajstić information content (AvgIpc) is 2.64. The zero-order chi connectivity index (χ0) is 17.8. The maximum Gasteiger partial charge on any atom is 0.321 e. The van der Waals surface area contributed by atoms with Gasteiger partial charge >= 0.3 is 6.03 Å². The van der Waals surface area contributed by atoms with Gasteiger partial charge in [-0.25, -0.2) is 4.79 Å². The molecule has 3 rings (SSSR count). The van der Waals surface area contributed by atoms with Gasteiger partial charge in [-0.1, -0.05) is 28.1 Å². The van der Waals surface area contributed by atoms with Crippen molar-refractivity contribution in [3.8, 4) is 0 Å². The molecule has 0 bridgehead atoms. The minimum atomic E-state index is -0.0548. The molecule has 0 aromatic heterocycles. The Balaban J connectivity index is 1.61. The first kappa shape index (κ1) is 18.6. The number of carbonyl (C=O) groups excluding carboxylic acids is 1. The Hall–Kier alpha value is -1.18. The van der Waals surface area contributed by atoms with Gasteiger partial charge in [0.2, 0.25) is 0 Å². The summed E-state index contributed by atoms with van der Waals surface area (Å²) >= 11 is 8.66. The fourth-order valence-corrected chi connectivity index (χ4v) is 4.59. The molecule has 1 aliphatic rings. The SMILES string of the molecule is CSc1ccccc1N1CCN(C(=O)Nc2ccc(Br)cc2Br)CC1. The molecule has 0 atom stereocenters. The predicted octanol–water partition coefficient (Wildman–Crippen LogP) is 5.29. The lowest BCUT2D eigenvalue weighted by atomic mass is 10.2. The minimum absolute atomic E-state index is 0.0548. The zero-order valence-corrected chi connectivity index (χ0v) is 17.8. The van der Waals surface area contributed by atoms with Crippen LogP contribution >= 0.6 is 43.6 Å². The topological polar surface area (TPSA) is 35.6 Å². The first-order valence-electron chi connectivity index (χ1n) is 7.97. The third-order valence-corrected chi connectivity index (χ3v) is 6.10. The molecule has 0 unspecified atom stereocenters. The number of rotatable bonds is 3. The van der Waals surface area contributed by atoms with Crippen LogP contribution in [0.1, 0.15) is 0 Å². The highest BCUT2D eigenvalue weighted by Crippen LogP contribution is 2.29. The van der Waals surface area contributed by atoms with E-state index in [1.807, 2.05) is 23.1 Å². The summed E-state index contributed by atoms with van der Waals surface area (Å²) in [5.74, 6) is 0. The highest BCUT2D eigenvalue weighted by Gasteiger charge is 2.22. The lowest BCUT2D eigenvalue weighted by Gasteiger charge is -2.36. The Morgan fingerprint density at radius 1 is 1.08 bits per heavy atom. The van der Waals surface area contributed by atoms with Crippen LogP contribution in [0, 0.1) is 0 Å². The Labute approximate surface area is 169 Å². The second-order valence-electron chi connectivity index (χ2n) is 5.70. The zero-order valence-electron chi connectivity index (χ0n) is 13.8. The summed E-state index contributed by atoms with van der Waals surface area (Å²) in [5.41, 5.74) is 2.04. The maximum absolute atomic E-state index is 12.5. The molecule has 1 N–H and O–H groups in total. The number of para-hydroxylation sites is 1. The summed E-state index contributed by atoms with van der Waals surface area (Å²) in [4.78, 5) is 18.0. The van der Waals surface area contributed by atoms with Gasteiger partial charge in [-0.3, -0.25) is 0 Å². The van der Waals surface area contributed by atoms with E-state index in [4.69, 9.17) is 0 Å². The molecule has 25 heavy (non-hydrogen) atoms. The van der Waals surface area contributed by atoms with Crippen LogP contribution < -0.4 is 10.2 Å². The third kappa shape index (κ3) is 4.51. The lowest BCUT2D eigenvalue weighted by molar-refractivity contribution is 0.208. The van der Waals surface area contributed by atoms with Crippen molar-refractivity contribution in [3.63, 3.8) is 0 Å². The van der Waals surface area contributed by atoms with Gasteiger partial charge < -0.3 is 15.1 Å². The van der Waals surface area contributed by atoms with Gasteiger partial charge in [0, 0.05) is 40.0 Å². The molecule has 0 aliphatic carbocycles. The van der Waals surface area contributed by atoms with Crippen molar-refractivity contribution in [1.29, 1.82) is 0 Å². The summed E-state index contributed by atoms with van der Waals surface area (Å²) in [7, 11) is 0. The van der Waals surface area contributed by atoms with Crippen LogP contribution in [0.5, 0.6) is 0 Å². The molecule has 2 amide bonds. The van der Waals surface area contributed by atoms with Gasteiger partial charge in [0.05, 0.1) is 11.4 Å². The molecule has 1 aliphatic heterocycles. The van der Waals surface area contributed by atoms with Crippen molar-refractivity contribution in [2.24, 2.45) is 0 Å². The highest BCUT2D eigenvalue weighted by molar-refractivity contribution is 9.11. The number of benzene rings is 2. The van der Waals surface area contributed by atoms with Crippen LogP contribution in [0.15, 0.2) is 56.3 Å². The number of carbonyl (C=O) groups is 1. The molecular weight excluding hydrogens is 466 g/mol. The molecule has 2 aromatic carbocycles. The summed E-state index contributed by atoms with van der Waals surface area (Å²) in [6, 6.07) is 14.1. The number of hydrogen-bond acceptors (Lipinski definition) is 3. The third-order valence-electron chi connectivity index (χ3n) is 4.17. The Morgan fingerprint density at radius 3 is 2.48 bits per heavy atom. The second kappa shape index (κ2) is 8.47. The molecule has 7 heteroatoms. The van der Waals surface area contributed by atoms with Crippen LogP contribution in [0.25, 0.3) is 0 Å². The molecule has 132 valence electrons. The normalized spacial score (nSPS) is 14.5. The minimum Gasteiger partial charge on any atom is -0.367 e. The second-order valence-corrected chi connectivity index (χ2v) is 8.32. The van der Waals surface area contributed by atoms with Gasteiger partial charge in [0.15, 0.2) is 0 Å². The molecule has 1 heterocycles. The van der Waals surface area contributed by atoms with Crippen LogP contribution in [0.3, 0.4) is 0 Å². The van der Waals surface area contributed by atoms with Crippen LogP contribution in [-0.2, 0) is 0 Å². The Bertz CT molecular complexity index is 764. The number of hydrogen-bond donors (Lipinski definition) is 1. The van der Waals surface area contributed by atoms with E-state index in [1.54, 1.807) is 11.8 Å². The van der Waals surface area contributed by atoms with Gasteiger partial charge in [0.25, 0.3) is 0 Å². The molecule has 2 aromatic rings. The van der Waals surface area contributed by atoms with E-state index in [0.29, 0.717) is 13.1 Å². The van der Waals surface area contributed by atoms with Crippen LogP contribution in [0.2, 0.25) is 0 Å². The molecule has 1 fully saturated rings. The number of urea groups is 1. The van der Waals surface area contributed by atoms with Gasteiger partial charge in [-0.2, -0.15) is 0 Å². The van der Waals surface area contributed by atoms with Crippen molar-refractivity contribution < 1.29 is 4.79 Å². The van der Waals surface area contributed by atoms with E-state index in [0.717, 1.165) is 27.7 Å². The smallest absolute Gasteiger partial charge is 0.321 e. The number of amides is 2. The summed E-state index contributed by atoms with van der Waals surface area (Å²) in [6.45, 7) is 3.10. The summed E-state index contributed by atoms with van der Waals surface area (Å²) in [5, 5.41) is 2.98. The largest absolute Gasteiger partial charge is 0.367 e. The van der Waals surface area contributed by atoms with E-state index >= 15 is 0 Å². The van der Waals surface area contributed by atoms with Crippen molar-refractivity contribution in [2.45, 2.75) is 4.90 Å². The molecule has 0 radical (unpaired) electrons. The average molecular weight is 485 g/mol. The summed E-state index contributed by atoms with van der Waals surface area (Å²) in [6.07, 6.45) is 2.10. The molecule has 4 nitrogen and oxygen atoms in total. The Kier molecular flexibility index (Phi) is 6.30. The fourth-order valence-electron chi connectivity index (χ4n) is 2.83. The van der Waals surface area contributed by atoms with E-state index < -0.39 is 0 Å². The highest BCUT2D eigenvalue weighted by atomic mass is 79.9. The van der Waals surface area contributed by atoms with Crippen molar-refractivity contribution in [3.05, 3.63) is 51.4 Å². The number of piperazine rings is 1. The van der Waals surface area contributed by atoms with Crippen molar-refractivity contribution in [2.75, 3.05) is 42.7 Å².